The maximum Gasteiger partial charge on any atom is 0.269 e. The molecular formula is C18H15N3O3. The summed E-state index contributed by atoms with van der Waals surface area (Å²) in [5.74, 6) is -0.119. The molecule has 0 saturated heterocycles. The summed E-state index contributed by atoms with van der Waals surface area (Å²) in [4.78, 5) is 26.7. The minimum Gasteiger partial charge on any atom is -0.324 e. The smallest absolute Gasteiger partial charge is 0.269 e. The van der Waals surface area contributed by atoms with Gasteiger partial charge >= 0.3 is 0 Å². The number of amides is 1. The molecule has 6 nitrogen and oxygen atoms in total. The Kier molecular flexibility index (Phi) is 4.20. The number of benzene rings is 2. The number of anilines is 1. The van der Waals surface area contributed by atoms with Gasteiger partial charge in [-0.05, 0) is 48.4 Å². The summed E-state index contributed by atoms with van der Waals surface area (Å²) < 4.78 is 0. The monoisotopic (exact) mass is 321 g/mol. The Morgan fingerprint density at radius 2 is 1.92 bits per heavy atom. The lowest BCUT2D eigenvalue weighted by Gasteiger charge is -2.04. The van der Waals surface area contributed by atoms with E-state index in [1.54, 1.807) is 24.3 Å². The van der Waals surface area contributed by atoms with Gasteiger partial charge in [0.2, 0.25) is 5.91 Å². The second-order valence-electron chi connectivity index (χ2n) is 5.53. The molecule has 0 unspecified atom stereocenters. The fourth-order valence-corrected chi connectivity index (χ4v) is 2.40. The third-order valence-electron chi connectivity index (χ3n) is 3.60. The Morgan fingerprint density at radius 1 is 1.17 bits per heavy atom. The van der Waals surface area contributed by atoms with E-state index in [9.17, 15) is 14.9 Å². The van der Waals surface area contributed by atoms with Crippen LogP contribution in [0.5, 0.6) is 0 Å². The molecule has 2 aromatic rings. The third kappa shape index (κ3) is 3.55. The zero-order valence-corrected chi connectivity index (χ0v) is 13.0. The predicted molar refractivity (Wildman–Crippen MR) is 93.7 cm³/mol. The van der Waals surface area contributed by atoms with Crippen LogP contribution in [-0.2, 0) is 4.79 Å². The molecule has 0 spiro atoms. The molecule has 120 valence electrons. The number of hydrogen-bond donors (Lipinski definition) is 1. The second-order valence-corrected chi connectivity index (χ2v) is 5.53. The van der Waals surface area contributed by atoms with Gasteiger partial charge in [0.1, 0.15) is 0 Å². The number of nitrogens with one attached hydrogen (secondary N) is 1. The fourth-order valence-electron chi connectivity index (χ4n) is 2.40. The van der Waals surface area contributed by atoms with Crippen LogP contribution in [0.15, 0.2) is 53.5 Å². The molecule has 0 bridgehead atoms. The lowest BCUT2D eigenvalue weighted by molar-refractivity contribution is -0.384. The van der Waals surface area contributed by atoms with Crippen molar-refractivity contribution in [1.82, 2.24) is 0 Å². The van der Waals surface area contributed by atoms with Gasteiger partial charge in [-0.25, -0.2) is 0 Å². The van der Waals surface area contributed by atoms with Crippen LogP contribution in [0.2, 0.25) is 0 Å². The van der Waals surface area contributed by atoms with Crippen molar-refractivity contribution in [1.29, 1.82) is 0 Å². The van der Waals surface area contributed by atoms with E-state index in [1.807, 2.05) is 25.1 Å². The number of nitro groups is 1. The van der Waals surface area contributed by atoms with Gasteiger partial charge in [-0.15, -0.1) is 0 Å². The lowest BCUT2D eigenvalue weighted by atomic mass is 10.1. The average Bonchev–Trinajstić information content (AvgIpc) is 2.70. The lowest BCUT2D eigenvalue weighted by Crippen LogP contribution is -2.13. The molecule has 1 N–H and O–H groups in total. The quantitative estimate of drug-likeness (QED) is 0.684. The molecule has 0 fully saturated rings. The molecule has 0 aliphatic carbocycles. The zero-order chi connectivity index (χ0) is 17.1. The van der Waals surface area contributed by atoms with E-state index in [2.05, 4.69) is 10.3 Å². The molecule has 1 aliphatic rings. The molecule has 1 heterocycles. The molecule has 6 heteroatoms. The van der Waals surface area contributed by atoms with Crippen molar-refractivity contribution in [2.45, 2.75) is 13.3 Å². The van der Waals surface area contributed by atoms with E-state index in [0.29, 0.717) is 11.4 Å². The first kappa shape index (κ1) is 15.6. The van der Waals surface area contributed by atoms with Crippen LogP contribution < -0.4 is 5.32 Å². The first-order valence-electron chi connectivity index (χ1n) is 7.42. The van der Waals surface area contributed by atoms with Crippen LogP contribution in [0, 0.1) is 17.0 Å². The highest BCUT2D eigenvalue weighted by Crippen LogP contribution is 2.29. The third-order valence-corrected chi connectivity index (χ3v) is 3.60. The van der Waals surface area contributed by atoms with Crippen molar-refractivity contribution >= 4 is 34.8 Å². The molecule has 2 aromatic carbocycles. The zero-order valence-electron chi connectivity index (χ0n) is 13.0. The predicted octanol–water partition coefficient (Wildman–Crippen LogP) is 4.03. The number of nitro benzene ring substituents is 1. The largest absolute Gasteiger partial charge is 0.324 e. The Balaban J connectivity index is 1.86. The summed E-state index contributed by atoms with van der Waals surface area (Å²) in [5.41, 5.74) is 3.95. The molecule has 24 heavy (non-hydrogen) atoms. The Bertz CT molecular complexity index is 868. The number of allylic oxidation sites excluding steroid dienone is 1. The summed E-state index contributed by atoms with van der Waals surface area (Å²) in [5, 5.41) is 13.5. The van der Waals surface area contributed by atoms with Gasteiger partial charge in [-0.3, -0.25) is 19.9 Å². The summed E-state index contributed by atoms with van der Waals surface area (Å²) in [6.07, 6.45) is 3.72. The van der Waals surface area contributed by atoms with Crippen LogP contribution in [0.3, 0.4) is 0 Å². The minimum absolute atomic E-state index is 0.0441. The topological polar surface area (TPSA) is 84.6 Å². The maximum absolute atomic E-state index is 12.0. The van der Waals surface area contributed by atoms with Gasteiger partial charge in [0, 0.05) is 12.1 Å². The molecule has 1 amide bonds. The highest BCUT2D eigenvalue weighted by atomic mass is 16.6. The van der Waals surface area contributed by atoms with Crippen LogP contribution in [0.25, 0.3) is 6.08 Å². The van der Waals surface area contributed by atoms with Crippen LogP contribution in [0.4, 0.5) is 17.1 Å². The van der Waals surface area contributed by atoms with E-state index in [-0.39, 0.29) is 18.0 Å². The summed E-state index contributed by atoms with van der Waals surface area (Å²) in [6, 6.07) is 11.9. The molecule has 0 saturated carbocycles. The molecular weight excluding hydrogens is 306 g/mol. The fraction of sp³-hybridized carbons (Fsp3) is 0.111. The molecule has 1 aliphatic heterocycles. The van der Waals surface area contributed by atoms with Crippen molar-refractivity contribution in [2.24, 2.45) is 4.99 Å². The highest BCUT2D eigenvalue weighted by molar-refractivity contribution is 6.15. The molecule has 0 aromatic heterocycles. The SMILES string of the molecule is Cc1ccc2c(c1)NC(=O)CC(/C=C/c1ccc([N+](=O)[O-])cc1)=N2. The Hall–Kier alpha value is -3.28. The van der Waals surface area contributed by atoms with Gasteiger partial charge in [0.05, 0.1) is 28.4 Å². The number of nitrogens with zero attached hydrogens (tertiary/aromatic N) is 2. The number of aliphatic imine (C=N–C) groups is 1. The Labute approximate surface area is 138 Å². The van der Waals surface area contributed by atoms with E-state index < -0.39 is 4.92 Å². The van der Waals surface area contributed by atoms with E-state index in [4.69, 9.17) is 0 Å². The number of non-ortho nitro benzene ring substituents is 1. The maximum atomic E-state index is 12.0. The summed E-state index contributed by atoms with van der Waals surface area (Å²) >= 11 is 0. The number of fused-ring (bicyclic) bond motifs is 1. The molecule has 0 radical (unpaired) electrons. The van der Waals surface area contributed by atoms with Gasteiger partial charge in [-0.1, -0.05) is 12.1 Å². The van der Waals surface area contributed by atoms with E-state index in [1.165, 1.54) is 12.1 Å². The van der Waals surface area contributed by atoms with Crippen molar-refractivity contribution in [3.05, 3.63) is 69.8 Å². The first-order valence-corrected chi connectivity index (χ1v) is 7.42. The number of rotatable bonds is 3. The Morgan fingerprint density at radius 3 is 2.62 bits per heavy atom. The van der Waals surface area contributed by atoms with Crippen molar-refractivity contribution in [3.63, 3.8) is 0 Å². The van der Waals surface area contributed by atoms with Crippen LogP contribution in [0.1, 0.15) is 17.5 Å². The van der Waals surface area contributed by atoms with Crippen molar-refractivity contribution in [2.75, 3.05) is 5.32 Å². The van der Waals surface area contributed by atoms with Gasteiger partial charge in [0.25, 0.3) is 5.69 Å². The van der Waals surface area contributed by atoms with Crippen LogP contribution >= 0.6 is 0 Å². The van der Waals surface area contributed by atoms with Gasteiger partial charge in [-0.2, -0.15) is 0 Å². The first-order chi connectivity index (χ1) is 11.5. The van der Waals surface area contributed by atoms with Crippen molar-refractivity contribution in [3.8, 4) is 0 Å². The van der Waals surface area contributed by atoms with E-state index in [0.717, 1.165) is 16.8 Å². The van der Waals surface area contributed by atoms with Crippen molar-refractivity contribution < 1.29 is 9.72 Å². The molecule has 3 rings (SSSR count). The molecule has 0 atom stereocenters. The highest BCUT2D eigenvalue weighted by Gasteiger charge is 2.14. The number of hydrogen-bond acceptors (Lipinski definition) is 4. The number of carbonyl (C=O) groups excluding carboxylic acids is 1. The minimum atomic E-state index is -0.438. The number of carbonyl (C=O) groups is 1. The van der Waals surface area contributed by atoms with E-state index >= 15 is 0 Å². The summed E-state index contributed by atoms with van der Waals surface area (Å²) in [7, 11) is 0. The van der Waals surface area contributed by atoms with Gasteiger partial charge in [0.15, 0.2) is 0 Å². The van der Waals surface area contributed by atoms with Gasteiger partial charge < -0.3 is 5.32 Å². The average molecular weight is 321 g/mol. The standard InChI is InChI=1S/C18H15N3O3/c1-12-2-9-16-17(10-12)20-18(22)11-14(19-16)6-3-13-4-7-15(8-5-13)21(23)24/h2-10H,11H2,1H3,(H,20,22)/b6-3+. The van der Waals surface area contributed by atoms with Crippen LogP contribution in [-0.4, -0.2) is 16.5 Å². The summed E-state index contributed by atoms with van der Waals surface area (Å²) in [6.45, 7) is 1.95. The number of aryl methyl sites for hydroxylation is 1. The normalized spacial score (nSPS) is 13.9. The second kappa shape index (κ2) is 6.45.